The first-order chi connectivity index (χ1) is 5.26. The highest BCUT2D eigenvalue weighted by atomic mass is 16.2. The minimum absolute atomic E-state index is 0.250. The largest absolute Gasteiger partial charge is 0.373 e. The molecule has 0 heterocycles. The summed E-state index contributed by atoms with van der Waals surface area (Å²) in [6.07, 6.45) is 3.45. The van der Waals surface area contributed by atoms with Crippen LogP contribution in [0.4, 0.5) is 0 Å². The Bertz CT molecular complexity index is 143. The third-order valence-electron chi connectivity index (χ3n) is 1.31. The predicted octanol–water partition coefficient (Wildman–Crippen LogP) is 1.75. The second-order valence-corrected chi connectivity index (χ2v) is 2.11. The van der Waals surface area contributed by atoms with Gasteiger partial charge in [0.1, 0.15) is 0 Å². The van der Waals surface area contributed by atoms with E-state index in [0.717, 1.165) is 19.3 Å². The van der Waals surface area contributed by atoms with Gasteiger partial charge >= 0.3 is 6.15 Å². The van der Waals surface area contributed by atoms with Crippen LogP contribution in [0.15, 0.2) is 0 Å². The van der Waals surface area contributed by atoms with Crippen molar-refractivity contribution in [2.75, 3.05) is 0 Å². The van der Waals surface area contributed by atoms with E-state index in [-0.39, 0.29) is 6.15 Å². The topological polar surface area (TPSA) is 57.9 Å². The summed E-state index contributed by atoms with van der Waals surface area (Å²) in [7, 11) is 0. The molecule has 3 nitrogen and oxygen atoms in total. The smallest absolute Gasteiger partial charge is 0.198 e. The summed E-state index contributed by atoms with van der Waals surface area (Å²) < 4.78 is 0. The van der Waals surface area contributed by atoms with Gasteiger partial charge in [-0.15, -0.1) is 0 Å². The zero-order valence-corrected chi connectivity index (χ0v) is 6.96. The summed E-state index contributed by atoms with van der Waals surface area (Å²) in [5, 5.41) is 8.41. The summed E-state index contributed by atoms with van der Waals surface area (Å²) >= 11 is 0. The molecule has 0 aromatic heterocycles. The molecule has 0 bridgehead atoms. The Morgan fingerprint density at radius 1 is 1.36 bits per heavy atom. The maximum atomic E-state index is 8.41. The molecule has 3 heteroatoms. The Kier molecular flexibility index (Phi) is 13.3. The van der Waals surface area contributed by atoms with Gasteiger partial charge in [0, 0.05) is 5.92 Å². The monoisotopic (exact) mass is 155 g/mol. The van der Waals surface area contributed by atoms with E-state index >= 15 is 0 Å². The first-order valence-electron chi connectivity index (χ1n) is 3.65. The van der Waals surface area contributed by atoms with E-state index in [1.54, 1.807) is 0 Å². The molecule has 0 saturated carbocycles. The lowest BCUT2D eigenvalue weighted by Crippen LogP contribution is -1.91. The quantitative estimate of drug-likeness (QED) is 0.623. The molecule has 0 unspecified atom stereocenters. The number of rotatable bonds is 3. The first-order valence-corrected chi connectivity index (χ1v) is 3.65. The SMILES string of the molecule is CCC[C@H](C#N)CC.O=C=O. The van der Waals surface area contributed by atoms with Gasteiger partial charge in [0.05, 0.1) is 6.07 Å². The Morgan fingerprint density at radius 3 is 1.91 bits per heavy atom. The normalized spacial score (nSPS) is 9.91. The third kappa shape index (κ3) is 12.1. The molecule has 0 radical (unpaired) electrons. The van der Waals surface area contributed by atoms with E-state index in [2.05, 4.69) is 19.9 Å². The standard InChI is InChI=1S/C7H13N.CO2/c1-3-5-7(4-2)6-8;2-1-3/h7H,3-5H2,1-2H3;/t7-;/m1./s1. The molecule has 0 aromatic carbocycles. The highest BCUT2D eigenvalue weighted by Gasteiger charge is 1.99. The lowest BCUT2D eigenvalue weighted by molar-refractivity contribution is -0.191. The average molecular weight is 155 g/mol. The number of hydrogen-bond donors (Lipinski definition) is 0. The number of nitrogens with zero attached hydrogens (tertiary/aromatic N) is 1. The van der Waals surface area contributed by atoms with Crippen molar-refractivity contribution in [2.24, 2.45) is 5.92 Å². The van der Waals surface area contributed by atoms with Gasteiger partial charge in [-0.05, 0) is 12.8 Å². The van der Waals surface area contributed by atoms with Crippen molar-refractivity contribution in [1.82, 2.24) is 0 Å². The van der Waals surface area contributed by atoms with Crippen LogP contribution in [-0.4, -0.2) is 6.15 Å². The molecular formula is C8H13NO2. The molecule has 11 heavy (non-hydrogen) atoms. The third-order valence-corrected chi connectivity index (χ3v) is 1.31. The van der Waals surface area contributed by atoms with Crippen LogP contribution in [0.3, 0.4) is 0 Å². The van der Waals surface area contributed by atoms with Gasteiger partial charge in [-0.25, -0.2) is 0 Å². The maximum Gasteiger partial charge on any atom is 0.373 e. The van der Waals surface area contributed by atoms with Crippen molar-refractivity contribution in [3.8, 4) is 6.07 Å². The summed E-state index contributed by atoms with van der Waals surface area (Å²) in [6, 6.07) is 2.25. The van der Waals surface area contributed by atoms with Crippen LogP contribution < -0.4 is 0 Å². The Hall–Kier alpha value is -1.13. The van der Waals surface area contributed by atoms with E-state index in [1.165, 1.54) is 0 Å². The van der Waals surface area contributed by atoms with Gasteiger partial charge in [-0.3, -0.25) is 0 Å². The van der Waals surface area contributed by atoms with Crippen molar-refractivity contribution < 1.29 is 9.59 Å². The van der Waals surface area contributed by atoms with E-state index in [1.807, 2.05) is 0 Å². The highest BCUT2D eigenvalue weighted by molar-refractivity contribution is 5.20. The Balaban J connectivity index is 0. The number of hydrogen-bond acceptors (Lipinski definition) is 3. The van der Waals surface area contributed by atoms with Crippen molar-refractivity contribution in [1.29, 1.82) is 5.26 Å². The van der Waals surface area contributed by atoms with Gasteiger partial charge < -0.3 is 0 Å². The lowest BCUT2D eigenvalue weighted by Gasteiger charge is -1.99. The van der Waals surface area contributed by atoms with Crippen molar-refractivity contribution in [2.45, 2.75) is 33.1 Å². The molecule has 0 N–H and O–H groups in total. The summed E-state index contributed by atoms with van der Waals surface area (Å²) in [5.74, 6) is 0.306. The van der Waals surface area contributed by atoms with Gasteiger partial charge in [0.2, 0.25) is 0 Å². The van der Waals surface area contributed by atoms with E-state index in [4.69, 9.17) is 14.9 Å². The Morgan fingerprint density at radius 2 is 1.82 bits per heavy atom. The summed E-state index contributed by atoms with van der Waals surface area (Å²) in [5.41, 5.74) is 0. The van der Waals surface area contributed by atoms with Crippen molar-refractivity contribution >= 4 is 6.15 Å². The molecule has 0 amide bonds. The Labute approximate surface area is 67.0 Å². The average Bonchev–Trinajstić information content (AvgIpc) is 2.02. The van der Waals surface area contributed by atoms with Crippen LogP contribution in [-0.2, 0) is 9.59 Å². The summed E-state index contributed by atoms with van der Waals surface area (Å²) in [6.45, 7) is 4.17. The molecule has 1 atom stereocenters. The predicted molar refractivity (Wildman–Crippen MR) is 39.3 cm³/mol. The van der Waals surface area contributed by atoms with Crippen LogP contribution >= 0.6 is 0 Å². The molecule has 0 spiro atoms. The van der Waals surface area contributed by atoms with Gasteiger partial charge in [0.25, 0.3) is 0 Å². The zero-order valence-electron chi connectivity index (χ0n) is 6.96. The van der Waals surface area contributed by atoms with Crippen molar-refractivity contribution in [3.63, 3.8) is 0 Å². The number of nitriles is 1. The lowest BCUT2D eigenvalue weighted by atomic mass is 10.0. The molecular weight excluding hydrogens is 142 g/mol. The molecule has 0 aliphatic rings. The molecule has 62 valence electrons. The van der Waals surface area contributed by atoms with Crippen LogP contribution in [0.5, 0.6) is 0 Å². The number of carbonyl (C=O) groups excluding carboxylic acids is 2. The van der Waals surface area contributed by atoms with E-state index in [0.29, 0.717) is 5.92 Å². The molecule has 0 saturated heterocycles. The fourth-order valence-corrected chi connectivity index (χ4v) is 0.708. The van der Waals surface area contributed by atoms with Crippen LogP contribution in [0.2, 0.25) is 0 Å². The van der Waals surface area contributed by atoms with Gasteiger partial charge in [0.15, 0.2) is 0 Å². The molecule has 0 fully saturated rings. The molecule has 0 aromatic rings. The van der Waals surface area contributed by atoms with Crippen LogP contribution in [0.25, 0.3) is 0 Å². The first kappa shape index (κ1) is 12.5. The minimum atomic E-state index is 0.250. The summed E-state index contributed by atoms with van der Waals surface area (Å²) in [4.78, 5) is 16.2. The van der Waals surface area contributed by atoms with Crippen LogP contribution in [0, 0.1) is 17.2 Å². The van der Waals surface area contributed by atoms with Gasteiger partial charge in [-0.1, -0.05) is 20.3 Å². The molecule has 0 aliphatic heterocycles. The second kappa shape index (κ2) is 11.6. The van der Waals surface area contributed by atoms with Gasteiger partial charge in [-0.2, -0.15) is 14.9 Å². The maximum absolute atomic E-state index is 8.41. The highest BCUT2D eigenvalue weighted by Crippen LogP contribution is 2.07. The molecule has 0 aliphatic carbocycles. The zero-order chi connectivity index (χ0) is 9.11. The fraction of sp³-hybridized carbons (Fsp3) is 0.750. The van der Waals surface area contributed by atoms with Crippen LogP contribution in [0.1, 0.15) is 33.1 Å². The second-order valence-electron chi connectivity index (χ2n) is 2.11. The van der Waals surface area contributed by atoms with E-state index < -0.39 is 0 Å². The fourth-order valence-electron chi connectivity index (χ4n) is 0.708. The van der Waals surface area contributed by atoms with Crippen molar-refractivity contribution in [3.05, 3.63) is 0 Å². The molecule has 0 rings (SSSR count). The minimum Gasteiger partial charge on any atom is -0.198 e. The van der Waals surface area contributed by atoms with E-state index in [9.17, 15) is 0 Å².